The summed E-state index contributed by atoms with van der Waals surface area (Å²) in [6, 6.07) is 37.3. The van der Waals surface area contributed by atoms with E-state index in [9.17, 15) is 0 Å². The van der Waals surface area contributed by atoms with Crippen molar-refractivity contribution in [3.63, 3.8) is 0 Å². The summed E-state index contributed by atoms with van der Waals surface area (Å²) < 4.78 is 0. The Hall–Kier alpha value is -3.36. The molecule has 0 unspecified atom stereocenters. The molecule has 0 heterocycles. The van der Waals surface area contributed by atoms with E-state index in [2.05, 4.69) is 60.7 Å². The van der Waals surface area contributed by atoms with Gasteiger partial charge < -0.3 is 0 Å². The summed E-state index contributed by atoms with van der Waals surface area (Å²) >= 11 is 0. The van der Waals surface area contributed by atoms with Crippen LogP contribution in [-0.2, 0) is 0 Å². The van der Waals surface area contributed by atoms with Gasteiger partial charge in [0.1, 0.15) is 0 Å². The largest absolute Gasteiger partial charge is 0.280 e. The van der Waals surface area contributed by atoms with Crippen molar-refractivity contribution in [1.29, 1.82) is 0 Å². The zero-order chi connectivity index (χ0) is 17.8. The van der Waals surface area contributed by atoms with Crippen molar-refractivity contribution in [2.24, 2.45) is 5.84 Å². The predicted octanol–water partition coefficient (Wildman–Crippen LogP) is 6.03. The topological polar surface area (TPSA) is 29.3 Å². The van der Waals surface area contributed by atoms with Crippen LogP contribution in [0.15, 0.2) is 109 Å². The maximum absolute atomic E-state index is 6.22. The molecule has 0 aromatic heterocycles. The molecule has 0 aliphatic carbocycles. The highest BCUT2D eigenvalue weighted by Gasteiger charge is 2.05. The molecular weight excluding hydrogens is 316 g/mol. The molecule has 0 radical (unpaired) electrons. The molecule has 2 N–H and O–H groups in total. The van der Waals surface area contributed by atoms with Gasteiger partial charge in [0, 0.05) is 0 Å². The van der Waals surface area contributed by atoms with Crippen LogP contribution >= 0.6 is 0 Å². The summed E-state index contributed by atoms with van der Waals surface area (Å²) in [4.78, 5) is 0. The first kappa shape index (κ1) is 16.1. The summed E-state index contributed by atoms with van der Waals surface area (Å²) in [5.41, 5.74) is 6.75. The van der Waals surface area contributed by atoms with E-state index in [4.69, 9.17) is 5.84 Å². The van der Waals surface area contributed by atoms with Crippen LogP contribution in [0.1, 0.15) is 0 Å². The van der Waals surface area contributed by atoms with Crippen LogP contribution in [0.25, 0.3) is 22.3 Å². The van der Waals surface area contributed by atoms with Crippen molar-refractivity contribution in [3.05, 3.63) is 109 Å². The smallest absolute Gasteiger partial charge is 0.0575 e. The number of anilines is 2. The van der Waals surface area contributed by atoms with E-state index in [0.29, 0.717) is 0 Å². The van der Waals surface area contributed by atoms with Crippen LogP contribution in [0, 0.1) is 0 Å². The van der Waals surface area contributed by atoms with Gasteiger partial charge in [-0.05, 0) is 46.5 Å². The molecule has 4 aromatic rings. The van der Waals surface area contributed by atoms with E-state index < -0.39 is 0 Å². The lowest BCUT2D eigenvalue weighted by atomic mass is 10.0. The molecule has 2 heteroatoms. The Morgan fingerprint density at radius 1 is 0.385 bits per heavy atom. The average Bonchev–Trinajstić information content (AvgIpc) is 2.75. The molecule has 126 valence electrons. The van der Waals surface area contributed by atoms with Gasteiger partial charge in [-0.1, -0.05) is 84.9 Å². The van der Waals surface area contributed by atoms with E-state index in [1.54, 1.807) is 5.01 Å². The van der Waals surface area contributed by atoms with Crippen LogP contribution in [0.5, 0.6) is 0 Å². The molecule has 4 aromatic carbocycles. The highest BCUT2D eigenvalue weighted by atomic mass is 15.4. The molecule has 0 spiro atoms. The van der Waals surface area contributed by atoms with Gasteiger partial charge in [-0.15, -0.1) is 0 Å². The third kappa shape index (κ3) is 3.37. The van der Waals surface area contributed by atoms with E-state index in [0.717, 1.165) is 11.4 Å². The van der Waals surface area contributed by atoms with Crippen LogP contribution in [0.3, 0.4) is 0 Å². The number of rotatable bonds is 4. The van der Waals surface area contributed by atoms with Crippen molar-refractivity contribution >= 4 is 11.4 Å². The zero-order valence-electron chi connectivity index (χ0n) is 14.4. The summed E-state index contributed by atoms with van der Waals surface area (Å²) in [6.45, 7) is 0. The van der Waals surface area contributed by atoms with Gasteiger partial charge in [0.2, 0.25) is 0 Å². The molecule has 0 bridgehead atoms. The van der Waals surface area contributed by atoms with Crippen molar-refractivity contribution in [3.8, 4) is 22.3 Å². The van der Waals surface area contributed by atoms with Crippen molar-refractivity contribution in [2.45, 2.75) is 0 Å². The second kappa shape index (κ2) is 7.26. The summed E-state index contributed by atoms with van der Waals surface area (Å²) in [6.07, 6.45) is 0. The minimum atomic E-state index is 0.959. The van der Waals surface area contributed by atoms with E-state index in [-0.39, 0.29) is 0 Å². The Labute approximate surface area is 154 Å². The van der Waals surface area contributed by atoms with Gasteiger partial charge in [0.05, 0.1) is 11.4 Å². The SMILES string of the molecule is NN(c1ccccc1)c1ccc(-c2ccc(-c3ccccc3)cc2)cc1. The Bertz CT molecular complexity index is 960. The van der Waals surface area contributed by atoms with Crippen molar-refractivity contribution in [1.82, 2.24) is 0 Å². The molecule has 4 rings (SSSR count). The fourth-order valence-corrected chi connectivity index (χ4v) is 3.04. The summed E-state index contributed by atoms with van der Waals surface area (Å²) in [5, 5.41) is 1.70. The second-order valence-electron chi connectivity index (χ2n) is 6.20. The van der Waals surface area contributed by atoms with Gasteiger partial charge in [-0.2, -0.15) is 0 Å². The molecule has 2 nitrogen and oxygen atoms in total. The van der Waals surface area contributed by atoms with Crippen LogP contribution in [-0.4, -0.2) is 0 Å². The third-order valence-corrected chi connectivity index (χ3v) is 4.51. The number of para-hydroxylation sites is 1. The molecule has 0 saturated carbocycles. The first-order valence-corrected chi connectivity index (χ1v) is 8.67. The molecule has 0 atom stereocenters. The highest BCUT2D eigenvalue weighted by molar-refractivity contribution is 5.72. The molecule has 0 aliphatic heterocycles. The van der Waals surface area contributed by atoms with E-state index in [1.165, 1.54) is 22.3 Å². The number of hydrazine groups is 1. The number of hydrogen-bond acceptors (Lipinski definition) is 2. The lowest BCUT2D eigenvalue weighted by molar-refractivity contribution is 1.09. The second-order valence-corrected chi connectivity index (χ2v) is 6.20. The predicted molar refractivity (Wildman–Crippen MR) is 110 cm³/mol. The first-order valence-electron chi connectivity index (χ1n) is 8.67. The van der Waals surface area contributed by atoms with E-state index >= 15 is 0 Å². The minimum absolute atomic E-state index is 0.959. The number of hydrogen-bond donors (Lipinski definition) is 1. The fraction of sp³-hybridized carbons (Fsp3) is 0. The minimum Gasteiger partial charge on any atom is -0.280 e. The van der Waals surface area contributed by atoms with Gasteiger partial charge in [-0.25, -0.2) is 5.84 Å². The Kier molecular flexibility index (Phi) is 4.50. The Balaban J connectivity index is 1.55. The zero-order valence-corrected chi connectivity index (χ0v) is 14.4. The maximum atomic E-state index is 6.22. The monoisotopic (exact) mass is 336 g/mol. The molecule has 0 saturated heterocycles. The highest BCUT2D eigenvalue weighted by Crippen LogP contribution is 2.28. The Morgan fingerprint density at radius 3 is 1.23 bits per heavy atom. The van der Waals surface area contributed by atoms with Gasteiger partial charge in [0.15, 0.2) is 0 Å². The van der Waals surface area contributed by atoms with Crippen molar-refractivity contribution in [2.75, 3.05) is 5.01 Å². The van der Waals surface area contributed by atoms with Gasteiger partial charge in [0.25, 0.3) is 0 Å². The standard InChI is InChI=1S/C24H20N2/c25-26(23-9-5-2-6-10-23)24-17-15-22(16-18-24)21-13-11-20(12-14-21)19-7-3-1-4-8-19/h1-18H,25H2. The number of nitrogens with two attached hydrogens (primary N) is 1. The normalized spacial score (nSPS) is 10.5. The third-order valence-electron chi connectivity index (χ3n) is 4.51. The van der Waals surface area contributed by atoms with Crippen molar-refractivity contribution < 1.29 is 0 Å². The number of benzene rings is 4. The maximum Gasteiger partial charge on any atom is 0.0575 e. The van der Waals surface area contributed by atoms with Gasteiger partial charge >= 0.3 is 0 Å². The fourth-order valence-electron chi connectivity index (χ4n) is 3.04. The van der Waals surface area contributed by atoms with Crippen LogP contribution < -0.4 is 10.9 Å². The molecule has 0 amide bonds. The lowest BCUT2D eigenvalue weighted by Gasteiger charge is -2.19. The molecular formula is C24H20N2. The molecule has 0 aliphatic rings. The first-order chi connectivity index (χ1) is 12.8. The summed E-state index contributed by atoms with van der Waals surface area (Å²) in [5.74, 6) is 6.22. The molecule has 0 fully saturated rings. The van der Waals surface area contributed by atoms with Crippen LogP contribution in [0.4, 0.5) is 11.4 Å². The van der Waals surface area contributed by atoms with Crippen LogP contribution in [0.2, 0.25) is 0 Å². The van der Waals surface area contributed by atoms with Gasteiger partial charge in [-0.3, -0.25) is 5.01 Å². The lowest BCUT2D eigenvalue weighted by Crippen LogP contribution is -2.24. The van der Waals surface area contributed by atoms with E-state index in [1.807, 2.05) is 48.5 Å². The molecule has 26 heavy (non-hydrogen) atoms. The summed E-state index contributed by atoms with van der Waals surface area (Å²) in [7, 11) is 0. The average molecular weight is 336 g/mol. The number of nitrogens with zero attached hydrogens (tertiary/aromatic N) is 1. The Morgan fingerprint density at radius 2 is 0.731 bits per heavy atom. The quantitative estimate of drug-likeness (QED) is 0.364.